The van der Waals surface area contributed by atoms with E-state index in [9.17, 15) is 9.59 Å². The molecule has 1 amide bonds. The van der Waals surface area contributed by atoms with Crippen LogP contribution in [-0.4, -0.2) is 30.1 Å². The molecule has 0 radical (unpaired) electrons. The summed E-state index contributed by atoms with van der Waals surface area (Å²) in [6.07, 6.45) is 0.650. The van der Waals surface area contributed by atoms with Crippen molar-refractivity contribution in [1.82, 2.24) is 4.98 Å². The Morgan fingerprint density at radius 3 is 2.68 bits per heavy atom. The number of nitrogens with one attached hydrogen (secondary N) is 2. The number of esters is 1. The first-order valence-electron chi connectivity index (χ1n) is 6.50. The van der Waals surface area contributed by atoms with Gasteiger partial charge >= 0.3 is 5.97 Å². The number of benzene rings is 1. The van der Waals surface area contributed by atoms with Crippen molar-refractivity contribution in [2.75, 3.05) is 12.4 Å². The third-order valence-electron chi connectivity index (χ3n) is 2.89. The lowest BCUT2D eigenvalue weighted by molar-refractivity contribution is -0.123. The zero-order valence-electron chi connectivity index (χ0n) is 12.1. The van der Waals surface area contributed by atoms with Crippen molar-refractivity contribution in [3.8, 4) is 5.75 Å². The van der Waals surface area contributed by atoms with E-state index in [0.29, 0.717) is 16.5 Å². The fourth-order valence-corrected chi connectivity index (χ4v) is 1.98. The number of hydrogen-bond donors (Lipinski definition) is 2. The van der Waals surface area contributed by atoms with E-state index >= 15 is 0 Å². The van der Waals surface area contributed by atoms with Gasteiger partial charge in [0.05, 0.1) is 12.1 Å². The number of amides is 1. The molecule has 6 nitrogen and oxygen atoms in total. The molecule has 0 bridgehead atoms. The van der Waals surface area contributed by atoms with Crippen molar-refractivity contribution in [3.63, 3.8) is 0 Å². The van der Waals surface area contributed by atoms with Crippen molar-refractivity contribution in [2.24, 2.45) is 0 Å². The number of ether oxygens (including phenoxy) is 2. The Morgan fingerprint density at radius 1 is 1.32 bits per heavy atom. The minimum Gasteiger partial charge on any atom is -0.495 e. The first kappa shape index (κ1) is 15.9. The molecule has 22 heavy (non-hydrogen) atoms. The molecule has 7 heteroatoms. The highest BCUT2D eigenvalue weighted by Crippen LogP contribution is 2.27. The number of methoxy groups -OCH3 is 1. The standard InChI is InChI=1S/C15H15ClN2O4/c1-9(22-15(20)12-4-3-7-17-12)14(19)18-10-5-6-13(21-2)11(16)8-10/h3-9,17H,1-2H3,(H,18,19)/t9-/m1/s1. The van der Waals surface area contributed by atoms with Gasteiger partial charge in [-0.15, -0.1) is 0 Å². The highest BCUT2D eigenvalue weighted by molar-refractivity contribution is 6.32. The van der Waals surface area contributed by atoms with E-state index in [4.69, 9.17) is 21.1 Å². The molecule has 0 saturated carbocycles. The lowest BCUT2D eigenvalue weighted by atomic mass is 10.2. The predicted octanol–water partition coefficient (Wildman–Crippen LogP) is 2.86. The van der Waals surface area contributed by atoms with Crippen LogP contribution in [0.1, 0.15) is 17.4 Å². The van der Waals surface area contributed by atoms with Crippen molar-refractivity contribution >= 4 is 29.2 Å². The van der Waals surface area contributed by atoms with E-state index in [1.807, 2.05) is 0 Å². The number of rotatable bonds is 5. The molecule has 1 heterocycles. The Balaban J connectivity index is 1.96. The van der Waals surface area contributed by atoms with Gasteiger partial charge in [-0.2, -0.15) is 0 Å². The second-order valence-corrected chi connectivity index (χ2v) is 4.88. The van der Waals surface area contributed by atoms with Gasteiger partial charge in [-0.25, -0.2) is 4.79 Å². The smallest absolute Gasteiger partial charge is 0.355 e. The molecule has 0 saturated heterocycles. The number of carbonyl (C=O) groups is 2. The van der Waals surface area contributed by atoms with Gasteiger partial charge < -0.3 is 19.8 Å². The molecule has 0 aliphatic heterocycles. The summed E-state index contributed by atoms with van der Waals surface area (Å²) < 4.78 is 10.1. The molecule has 116 valence electrons. The number of hydrogen-bond acceptors (Lipinski definition) is 4. The number of halogens is 1. The molecule has 1 aromatic carbocycles. The summed E-state index contributed by atoms with van der Waals surface area (Å²) in [6, 6.07) is 8.06. The molecule has 1 atom stereocenters. The van der Waals surface area contributed by atoms with E-state index < -0.39 is 18.0 Å². The van der Waals surface area contributed by atoms with Gasteiger partial charge in [-0.05, 0) is 37.3 Å². The summed E-state index contributed by atoms with van der Waals surface area (Å²) in [7, 11) is 1.50. The number of carbonyl (C=O) groups excluding carboxylic acids is 2. The van der Waals surface area contributed by atoms with E-state index in [-0.39, 0.29) is 5.69 Å². The highest BCUT2D eigenvalue weighted by Gasteiger charge is 2.19. The third-order valence-corrected chi connectivity index (χ3v) is 3.19. The van der Waals surface area contributed by atoms with Crippen molar-refractivity contribution in [2.45, 2.75) is 13.0 Å². The first-order valence-corrected chi connectivity index (χ1v) is 6.88. The number of anilines is 1. The lowest BCUT2D eigenvalue weighted by Crippen LogP contribution is -2.30. The maximum atomic E-state index is 12.0. The van der Waals surface area contributed by atoms with Crippen LogP contribution in [0.25, 0.3) is 0 Å². The van der Waals surface area contributed by atoms with Gasteiger partial charge in [0, 0.05) is 11.9 Å². The van der Waals surface area contributed by atoms with Crippen LogP contribution in [0.4, 0.5) is 5.69 Å². The van der Waals surface area contributed by atoms with Gasteiger partial charge in [-0.1, -0.05) is 11.6 Å². The fraction of sp³-hybridized carbons (Fsp3) is 0.200. The Kier molecular flexibility index (Phi) is 5.06. The minimum atomic E-state index is -0.948. The summed E-state index contributed by atoms with van der Waals surface area (Å²) in [5.41, 5.74) is 0.769. The van der Waals surface area contributed by atoms with Gasteiger partial charge in [0.2, 0.25) is 0 Å². The van der Waals surface area contributed by atoms with Gasteiger partial charge in [0.1, 0.15) is 11.4 Å². The van der Waals surface area contributed by atoms with Crippen LogP contribution in [0, 0.1) is 0 Å². The van der Waals surface area contributed by atoms with Crippen LogP contribution in [0.2, 0.25) is 5.02 Å². The average molecular weight is 323 g/mol. The first-order chi connectivity index (χ1) is 10.5. The van der Waals surface area contributed by atoms with E-state index in [1.54, 1.807) is 36.5 Å². The minimum absolute atomic E-state index is 0.284. The molecule has 0 fully saturated rings. The van der Waals surface area contributed by atoms with Crippen molar-refractivity contribution < 1.29 is 19.1 Å². The number of aromatic amines is 1. The number of aromatic nitrogens is 1. The highest BCUT2D eigenvalue weighted by atomic mass is 35.5. The molecular formula is C15H15ClN2O4. The molecule has 0 aliphatic rings. The molecular weight excluding hydrogens is 308 g/mol. The molecule has 2 rings (SSSR count). The van der Waals surface area contributed by atoms with Crippen LogP contribution in [0.15, 0.2) is 36.5 Å². The van der Waals surface area contributed by atoms with Crippen LogP contribution in [-0.2, 0) is 9.53 Å². The predicted molar refractivity (Wildman–Crippen MR) is 82.3 cm³/mol. The van der Waals surface area contributed by atoms with Crippen LogP contribution >= 0.6 is 11.6 Å². The zero-order chi connectivity index (χ0) is 16.1. The Morgan fingerprint density at radius 2 is 2.09 bits per heavy atom. The molecule has 2 N–H and O–H groups in total. The molecule has 0 spiro atoms. The summed E-state index contributed by atoms with van der Waals surface area (Å²) in [5, 5.41) is 2.99. The zero-order valence-corrected chi connectivity index (χ0v) is 12.8. The monoisotopic (exact) mass is 322 g/mol. The van der Waals surface area contributed by atoms with Crippen LogP contribution in [0.3, 0.4) is 0 Å². The second-order valence-electron chi connectivity index (χ2n) is 4.47. The Hall–Kier alpha value is -2.47. The van der Waals surface area contributed by atoms with E-state index in [0.717, 1.165) is 0 Å². The van der Waals surface area contributed by atoms with Gasteiger partial charge in [-0.3, -0.25) is 4.79 Å². The van der Waals surface area contributed by atoms with Crippen LogP contribution < -0.4 is 10.1 Å². The Bertz CT molecular complexity index is 670. The molecule has 1 aromatic heterocycles. The van der Waals surface area contributed by atoms with Crippen LogP contribution in [0.5, 0.6) is 5.75 Å². The van der Waals surface area contributed by atoms with E-state index in [1.165, 1.54) is 14.0 Å². The SMILES string of the molecule is COc1ccc(NC(=O)[C@@H](C)OC(=O)c2ccc[nH]2)cc1Cl. The second kappa shape index (κ2) is 7.00. The maximum absolute atomic E-state index is 12.0. The Labute approximate surface area is 132 Å². The van der Waals surface area contributed by atoms with Crippen molar-refractivity contribution in [1.29, 1.82) is 0 Å². The summed E-state index contributed by atoms with van der Waals surface area (Å²) in [6.45, 7) is 1.49. The maximum Gasteiger partial charge on any atom is 0.355 e. The lowest BCUT2D eigenvalue weighted by Gasteiger charge is -2.13. The molecule has 2 aromatic rings. The van der Waals surface area contributed by atoms with Gasteiger partial charge in [0.25, 0.3) is 5.91 Å². The normalized spacial score (nSPS) is 11.6. The third kappa shape index (κ3) is 3.79. The van der Waals surface area contributed by atoms with E-state index in [2.05, 4.69) is 10.3 Å². The van der Waals surface area contributed by atoms with Gasteiger partial charge in [0.15, 0.2) is 6.10 Å². The number of H-pyrrole nitrogens is 1. The summed E-state index contributed by atoms with van der Waals surface area (Å²) in [5.74, 6) is -0.549. The topological polar surface area (TPSA) is 80.4 Å². The summed E-state index contributed by atoms with van der Waals surface area (Å²) >= 11 is 5.98. The molecule has 0 aliphatic carbocycles. The summed E-state index contributed by atoms with van der Waals surface area (Å²) in [4.78, 5) is 26.5. The molecule has 0 unspecified atom stereocenters. The van der Waals surface area contributed by atoms with Crippen molar-refractivity contribution in [3.05, 3.63) is 47.2 Å². The average Bonchev–Trinajstić information content (AvgIpc) is 3.01. The fourth-order valence-electron chi connectivity index (χ4n) is 1.72. The quantitative estimate of drug-likeness (QED) is 0.829. The largest absolute Gasteiger partial charge is 0.495 e.